The third kappa shape index (κ3) is 2.51. The number of nitrogens with one attached hydrogen (secondary N) is 2. The number of hydrogen-bond acceptors (Lipinski definition) is 3. The van der Waals surface area contributed by atoms with Crippen molar-refractivity contribution >= 4 is 40.6 Å². The van der Waals surface area contributed by atoms with Crippen molar-refractivity contribution in [2.45, 2.75) is 0 Å². The van der Waals surface area contributed by atoms with Crippen molar-refractivity contribution in [3.63, 3.8) is 0 Å². The molecule has 0 aliphatic heterocycles. The summed E-state index contributed by atoms with van der Waals surface area (Å²) in [7, 11) is 0. The van der Waals surface area contributed by atoms with Crippen molar-refractivity contribution in [2.75, 3.05) is 11.1 Å². The predicted molar refractivity (Wildman–Crippen MR) is 67.4 cm³/mol. The lowest BCUT2D eigenvalue weighted by molar-refractivity contribution is 0.102. The molecule has 7 heteroatoms. The number of H-pyrrole nitrogens is 1. The number of nitrogens with two attached hydrogens (primary N) is 1. The third-order valence-corrected chi connectivity index (χ3v) is 2.83. The first-order valence-electron chi connectivity index (χ1n) is 4.63. The van der Waals surface area contributed by atoms with Crippen molar-refractivity contribution < 1.29 is 4.79 Å². The van der Waals surface area contributed by atoms with Gasteiger partial charge in [-0.05, 0) is 18.2 Å². The molecule has 2 rings (SSSR count). The Morgan fingerprint density at radius 1 is 1.35 bits per heavy atom. The van der Waals surface area contributed by atoms with Gasteiger partial charge in [0.15, 0.2) is 5.82 Å². The first-order valence-corrected chi connectivity index (χ1v) is 5.39. The quantitative estimate of drug-likeness (QED) is 0.784. The van der Waals surface area contributed by atoms with Gasteiger partial charge in [-0.15, -0.1) is 0 Å². The highest BCUT2D eigenvalue weighted by molar-refractivity contribution is 6.42. The zero-order valence-corrected chi connectivity index (χ0v) is 10.0. The summed E-state index contributed by atoms with van der Waals surface area (Å²) < 4.78 is 0. The van der Waals surface area contributed by atoms with E-state index in [0.29, 0.717) is 27.1 Å². The van der Waals surface area contributed by atoms with E-state index in [4.69, 9.17) is 28.9 Å². The van der Waals surface area contributed by atoms with Gasteiger partial charge in [0.05, 0.1) is 21.9 Å². The monoisotopic (exact) mass is 270 g/mol. The molecule has 1 heterocycles. The molecule has 1 aromatic carbocycles. The summed E-state index contributed by atoms with van der Waals surface area (Å²) in [6.07, 6.45) is 1.41. The lowest BCUT2D eigenvalue weighted by Gasteiger charge is -2.04. The highest BCUT2D eigenvalue weighted by atomic mass is 35.5. The number of amides is 1. The molecule has 5 nitrogen and oxygen atoms in total. The fourth-order valence-corrected chi connectivity index (χ4v) is 1.52. The molecule has 0 spiro atoms. The molecule has 17 heavy (non-hydrogen) atoms. The Morgan fingerprint density at radius 3 is 2.71 bits per heavy atom. The van der Waals surface area contributed by atoms with Crippen LogP contribution in [-0.2, 0) is 0 Å². The number of carbonyl (C=O) groups excluding carboxylic acids is 1. The molecule has 0 aliphatic carbocycles. The van der Waals surface area contributed by atoms with Crippen molar-refractivity contribution in [1.29, 1.82) is 0 Å². The SMILES string of the molecule is Nc1cn[nH]c1NC(=O)c1ccc(Cl)c(Cl)c1. The number of anilines is 2. The maximum atomic E-state index is 11.8. The first-order chi connectivity index (χ1) is 8.08. The van der Waals surface area contributed by atoms with Crippen LogP contribution in [0.3, 0.4) is 0 Å². The Kier molecular flexibility index (Phi) is 3.21. The molecule has 0 saturated heterocycles. The Morgan fingerprint density at radius 2 is 2.12 bits per heavy atom. The van der Waals surface area contributed by atoms with Crippen molar-refractivity contribution in [2.24, 2.45) is 0 Å². The number of nitrogens with zero attached hydrogens (tertiary/aromatic N) is 1. The Labute approximate surface area is 107 Å². The lowest BCUT2D eigenvalue weighted by Crippen LogP contribution is -2.13. The molecule has 0 fully saturated rings. The van der Waals surface area contributed by atoms with Gasteiger partial charge in [0.1, 0.15) is 0 Å². The Balaban J connectivity index is 2.20. The van der Waals surface area contributed by atoms with Crippen molar-refractivity contribution in [1.82, 2.24) is 10.2 Å². The van der Waals surface area contributed by atoms with Gasteiger partial charge in [0, 0.05) is 5.56 Å². The fourth-order valence-electron chi connectivity index (χ4n) is 1.22. The van der Waals surface area contributed by atoms with E-state index in [2.05, 4.69) is 15.5 Å². The number of halogens is 2. The predicted octanol–water partition coefficient (Wildman–Crippen LogP) is 2.55. The van der Waals surface area contributed by atoms with Crippen molar-refractivity contribution in [3.05, 3.63) is 40.0 Å². The molecule has 4 N–H and O–H groups in total. The van der Waals surface area contributed by atoms with Crippen LogP contribution in [0.5, 0.6) is 0 Å². The first kappa shape index (κ1) is 11.8. The second kappa shape index (κ2) is 4.65. The van der Waals surface area contributed by atoms with Crippen LogP contribution in [0.15, 0.2) is 24.4 Å². The standard InChI is InChI=1S/C10H8Cl2N4O/c11-6-2-1-5(3-7(6)12)10(17)15-9-8(13)4-14-16-9/h1-4H,13H2,(H2,14,15,16,17). The number of hydrogen-bond donors (Lipinski definition) is 3. The van der Waals surface area contributed by atoms with E-state index in [1.165, 1.54) is 12.3 Å². The Hall–Kier alpha value is -1.72. The van der Waals surface area contributed by atoms with E-state index >= 15 is 0 Å². The van der Waals surface area contributed by atoms with Gasteiger partial charge in [0.25, 0.3) is 5.91 Å². The third-order valence-electron chi connectivity index (χ3n) is 2.09. The number of aromatic amines is 1. The summed E-state index contributed by atoms with van der Waals surface area (Å²) in [5.74, 6) is 0.000545. The van der Waals surface area contributed by atoms with Crippen molar-refractivity contribution in [3.8, 4) is 0 Å². The van der Waals surface area contributed by atoms with Crippen LogP contribution in [0.1, 0.15) is 10.4 Å². The van der Waals surface area contributed by atoms with E-state index in [-0.39, 0.29) is 5.91 Å². The zero-order valence-electron chi connectivity index (χ0n) is 8.50. The van der Waals surface area contributed by atoms with E-state index in [9.17, 15) is 4.79 Å². The molecule has 1 amide bonds. The Bertz CT molecular complexity index is 567. The fraction of sp³-hybridized carbons (Fsp3) is 0. The highest BCUT2D eigenvalue weighted by Gasteiger charge is 2.10. The lowest BCUT2D eigenvalue weighted by atomic mass is 10.2. The normalized spacial score (nSPS) is 10.2. The number of carbonyl (C=O) groups is 1. The van der Waals surface area contributed by atoms with Gasteiger partial charge >= 0.3 is 0 Å². The number of rotatable bonds is 2. The number of nitrogen functional groups attached to an aromatic ring is 1. The minimum Gasteiger partial charge on any atom is -0.394 e. The van der Waals surface area contributed by atoms with Crippen LogP contribution in [-0.4, -0.2) is 16.1 Å². The average Bonchev–Trinajstić information content (AvgIpc) is 2.68. The van der Waals surface area contributed by atoms with Crippen LogP contribution in [0, 0.1) is 0 Å². The van der Waals surface area contributed by atoms with E-state index in [1.54, 1.807) is 12.1 Å². The maximum Gasteiger partial charge on any atom is 0.256 e. The summed E-state index contributed by atoms with van der Waals surface area (Å²) >= 11 is 11.6. The van der Waals surface area contributed by atoms with E-state index in [1.807, 2.05) is 0 Å². The second-order valence-corrected chi connectivity index (χ2v) is 4.10. The molecule has 0 bridgehead atoms. The van der Waals surface area contributed by atoms with E-state index < -0.39 is 0 Å². The summed E-state index contributed by atoms with van der Waals surface area (Å²) in [4.78, 5) is 11.8. The maximum absolute atomic E-state index is 11.8. The molecular weight excluding hydrogens is 263 g/mol. The summed E-state index contributed by atoms with van der Waals surface area (Å²) in [6.45, 7) is 0. The van der Waals surface area contributed by atoms with Crippen LogP contribution in [0.2, 0.25) is 10.0 Å². The highest BCUT2D eigenvalue weighted by Crippen LogP contribution is 2.23. The van der Waals surface area contributed by atoms with Crippen LogP contribution >= 0.6 is 23.2 Å². The number of benzene rings is 1. The summed E-state index contributed by atoms with van der Waals surface area (Å²) in [6, 6.07) is 4.59. The topological polar surface area (TPSA) is 83.8 Å². The summed E-state index contributed by atoms with van der Waals surface area (Å²) in [5, 5.41) is 9.53. The molecule has 0 saturated carbocycles. The molecule has 0 radical (unpaired) electrons. The van der Waals surface area contributed by atoms with E-state index in [0.717, 1.165) is 0 Å². The smallest absolute Gasteiger partial charge is 0.256 e. The van der Waals surface area contributed by atoms with Gasteiger partial charge in [-0.25, -0.2) is 0 Å². The van der Waals surface area contributed by atoms with Gasteiger partial charge in [-0.3, -0.25) is 9.89 Å². The molecule has 0 atom stereocenters. The van der Waals surface area contributed by atoms with Gasteiger partial charge < -0.3 is 11.1 Å². The van der Waals surface area contributed by atoms with Gasteiger partial charge in [-0.1, -0.05) is 23.2 Å². The molecule has 0 aliphatic rings. The molecular formula is C10H8Cl2N4O. The molecule has 0 unspecified atom stereocenters. The summed E-state index contributed by atoms with van der Waals surface area (Å²) in [5.41, 5.74) is 6.31. The molecule has 1 aromatic heterocycles. The zero-order chi connectivity index (χ0) is 12.4. The van der Waals surface area contributed by atoms with Crippen LogP contribution in [0.4, 0.5) is 11.5 Å². The van der Waals surface area contributed by atoms with Gasteiger partial charge in [-0.2, -0.15) is 5.10 Å². The largest absolute Gasteiger partial charge is 0.394 e. The minimum atomic E-state index is -0.348. The average molecular weight is 271 g/mol. The molecule has 88 valence electrons. The second-order valence-electron chi connectivity index (χ2n) is 3.28. The van der Waals surface area contributed by atoms with Crippen LogP contribution in [0.25, 0.3) is 0 Å². The minimum absolute atomic E-state index is 0.317. The number of aromatic nitrogens is 2. The van der Waals surface area contributed by atoms with Gasteiger partial charge in [0.2, 0.25) is 0 Å². The molecule has 2 aromatic rings. The van der Waals surface area contributed by atoms with Crippen LogP contribution < -0.4 is 11.1 Å².